The summed E-state index contributed by atoms with van der Waals surface area (Å²) in [6.07, 6.45) is 5.35. The Morgan fingerprint density at radius 2 is 2.29 bits per heavy atom. The third-order valence-electron chi connectivity index (χ3n) is 1.41. The highest BCUT2D eigenvalue weighted by Gasteiger charge is 1.87. The Morgan fingerprint density at radius 3 is 2.93 bits per heavy atom. The molecule has 0 rings (SSSR count). The first kappa shape index (κ1) is 12.9. The van der Waals surface area contributed by atoms with Gasteiger partial charge in [-0.3, -0.25) is 0 Å². The molecule has 80 valence electrons. The van der Waals surface area contributed by atoms with Crippen LogP contribution in [-0.4, -0.2) is 37.4 Å². The minimum atomic E-state index is -0.922. The molecule has 4 nitrogen and oxygen atoms in total. The van der Waals surface area contributed by atoms with Crippen LogP contribution in [0.1, 0.15) is 6.42 Å². The van der Waals surface area contributed by atoms with E-state index in [1.54, 1.807) is 6.08 Å². The number of hydrogen-bond acceptors (Lipinski definition) is 3. The quantitative estimate of drug-likeness (QED) is 0.328. The van der Waals surface area contributed by atoms with Gasteiger partial charge in [0.25, 0.3) is 0 Å². The number of aliphatic carboxylic acids is 1. The highest BCUT2D eigenvalue weighted by Crippen LogP contribution is 1.81. The van der Waals surface area contributed by atoms with Crippen LogP contribution in [0.2, 0.25) is 0 Å². The summed E-state index contributed by atoms with van der Waals surface area (Å²) >= 11 is 0. The van der Waals surface area contributed by atoms with Gasteiger partial charge in [-0.2, -0.15) is 0 Å². The average molecular weight is 199 g/mol. The number of ether oxygens (including phenoxy) is 1. The van der Waals surface area contributed by atoms with Gasteiger partial charge in [0.05, 0.1) is 13.2 Å². The van der Waals surface area contributed by atoms with Gasteiger partial charge in [-0.1, -0.05) is 12.2 Å². The van der Waals surface area contributed by atoms with Crippen molar-refractivity contribution in [2.45, 2.75) is 6.42 Å². The number of rotatable bonds is 9. The zero-order chi connectivity index (χ0) is 10.6. The maximum absolute atomic E-state index is 10.1. The summed E-state index contributed by atoms with van der Waals surface area (Å²) in [5.41, 5.74) is 0. The lowest BCUT2D eigenvalue weighted by Crippen LogP contribution is -2.20. The predicted octanol–water partition coefficient (Wildman–Crippen LogP) is 0.810. The van der Waals surface area contributed by atoms with E-state index in [-0.39, 0.29) is 0 Å². The summed E-state index contributed by atoms with van der Waals surface area (Å²) in [4.78, 5) is 10.1. The van der Waals surface area contributed by atoms with E-state index in [0.717, 1.165) is 19.0 Å². The van der Waals surface area contributed by atoms with Crippen LogP contribution < -0.4 is 5.32 Å². The van der Waals surface area contributed by atoms with Crippen molar-refractivity contribution in [3.8, 4) is 0 Å². The Hall–Kier alpha value is -1.13. The molecule has 0 saturated heterocycles. The summed E-state index contributed by atoms with van der Waals surface area (Å²) < 4.78 is 5.23. The van der Waals surface area contributed by atoms with Gasteiger partial charge in [0, 0.05) is 19.2 Å². The van der Waals surface area contributed by atoms with Gasteiger partial charge in [0.15, 0.2) is 0 Å². The average Bonchev–Trinajstić information content (AvgIpc) is 2.15. The van der Waals surface area contributed by atoms with Crippen molar-refractivity contribution in [3.05, 3.63) is 24.8 Å². The Bertz CT molecular complexity index is 190. The van der Waals surface area contributed by atoms with Crippen LogP contribution in [-0.2, 0) is 9.53 Å². The van der Waals surface area contributed by atoms with Crippen LogP contribution >= 0.6 is 0 Å². The van der Waals surface area contributed by atoms with Gasteiger partial charge < -0.3 is 15.2 Å². The topological polar surface area (TPSA) is 58.6 Å². The molecule has 0 spiro atoms. The van der Waals surface area contributed by atoms with Crippen LogP contribution in [0, 0.1) is 0 Å². The van der Waals surface area contributed by atoms with Gasteiger partial charge in [0.1, 0.15) is 0 Å². The lowest BCUT2D eigenvalue weighted by atomic mass is 10.4. The molecule has 0 aromatic heterocycles. The van der Waals surface area contributed by atoms with E-state index in [1.807, 2.05) is 6.08 Å². The molecule has 0 aliphatic carbocycles. The van der Waals surface area contributed by atoms with Gasteiger partial charge in [-0.25, -0.2) is 4.79 Å². The van der Waals surface area contributed by atoms with E-state index < -0.39 is 5.97 Å². The van der Waals surface area contributed by atoms with Crippen molar-refractivity contribution in [3.63, 3.8) is 0 Å². The standard InChI is InChI=1S/C10H17NO3/c1-2-3-8-14-9-7-11-6-4-5-10(12)13/h2,4-5,11H,1,3,6-9H2,(H,12,13)/b5-4+. The second-order valence-corrected chi connectivity index (χ2v) is 2.63. The Labute approximate surface area is 84.3 Å². The van der Waals surface area contributed by atoms with Crippen molar-refractivity contribution in [1.29, 1.82) is 0 Å². The zero-order valence-corrected chi connectivity index (χ0v) is 8.24. The van der Waals surface area contributed by atoms with E-state index in [1.165, 1.54) is 0 Å². The second-order valence-electron chi connectivity index (χ2n) is 2.63. The maximum atomic E-state index is 10.1. The first-order chi connectivity index (χ1) is 6.77. The summed E-state index contributed by atoms with van der Waals surface area (Å²) in [7, 11) is 0. The number of nitrogens with one attached hydrogen (secondary N) is 1. The first-order valence-corrected chi connectivity index (χ1v) is 4.56. The molecule has 14 heavy (non-hydrogen) atoms. The van der Waals surface area contributed by atoms with E-state index >= 15 is 0 Å². The Morgan fingerprint density at radius 1 is 1.50 bits per heavy atom. The molecule has 0 aromatic rings. The van der Waals surface area contributed by atoms with E-state index in [2.05, 4.69) is 11.9 Å². The molecule has 0 saturated carbocycles. The zero-order valence-electron chi connectivity index (χ0n) is 8.24. The molecule has 0 aromatic carbocycles. The third-order valence-corrected chi connectivity index (χ3v) is 1.41. The van der Waals surface area contributed by atoms with Crippen LogP contribution in [0.15, 0.2) is 24.8 Å². The van der Waals surface area contributed by atoms with Crippen LogP contribution in [0.5, 0.6) is 0 Å². The van der Waals surface area contributed by atoms with Gasteiger partial charge in [-0.05, 0) is 6.42 Å². The largest absolute Gasteiger partial charge is 0.478 e. The molecule has 0 aliphatic rings. The molecule has 2 N–H and O–H groups in total. The fourth-order valence-corrected chi connectivity index (χ4v) is 0.758. The first-order valence-electron chi connectivity index (χ1n) is 4.56. The minimum absolute atomic E-state index is 0.553. The number of hydrogen-bond donors (Lipinski definition) is 2. The molecule has 0 unspecified atom stereocenters. The molecule has 0 aliphatic heterocycles. The summed E-state index contributed by atoms with van der Waals surface area (Å²) in [5.74, 6) is -0.922. The normalized spacial score (nSPS) is 10.6. The van der Waals surface area contributed by atoms with Crippen molar-refractivity contribution >= 4 is 5.97 Å². The van der Waals surface area contributed by atoms with Crippen LogP contribution in [0.3, 0.4) is 0 Å². The Balaban J connectivity index is 3.06. The summed E-state index contributed by atoms with van der Waals surface area (Å²) in [6, 6.07) is 0. The fraction of sp³-hybridized carbons (Fsp3) is 0.500. The van der Waals surface area contributed by atoms with Crippen molar-refractivity contribution in [2.24, 2.45) is 0 Å². The molecule has 0 heterocycles. The summed E-state index contributed by atoms with van der Waals surface area (Å²) in [5, 5.41) is 11.3. The molecule has 0 amide bonds. The molecule has 4 heteroatoms. The fourth-order valence-electron chi connectivity index (χ4n) is 0.758. The van der Waals surface area contributed by atoms with Crippen LogP contribution in [0.4, 0.5) is 0 Å². The van der Waals surface area contributed by atoms with Gasteiger partial charge in [-0.15, -0.1) is 6.58 Å². The van der Waals surface area contributed by atoms with Crippen molar-refractivity contribution in [1.82, 2.24) is 5.32 Å². The summed E-state index contributed by atoms with van der Waals surface area (Å²) in [6.45, 7) is 6.18. The van der Waals surface area contributed by atoms with Gasteiger partial charge in [0.2, 0.25) is 0 Å². The smallest absolute Gasteiger partial charge is 0.328 e. The predicted molar refractivity (Wildman–Crippen MR) is 55.3 cm³/mol. The number of carboxylic acid groups (broad SMARTS) is 1. The molecular weight excluding hydrogens is 182 g/mol. The van der Waals surface area contributed by atoms with Crippen LogP contribution in [0.25, 0.3) is 0 Å². The number of carbonyl (C=O) groups is 1. The number of carboxylic acids is 1. The minimum Gasteiger partial charge on any atom is -0.478 e. The third kappa shape index (κ3) is 10.9. The molecule has 0 radical (unpaired) electrons. The van der Waals surface area contributed by atoms with E-state index in [4.69, 9.17) is 9.84 Å². The maximum Gasteiger partial charge on any atom is 0.328 e. The molecular formula is C10H17NO3. The van der Waals surface area contributed by atoms with Gasteiger partial charge >= 0.3 is 5.97 Å². The molecule has 0 fully saturated rings. The van der Waals surface area contributed by atoms with E-state index in [0.29, 0.717) is 19.8 Å². The lowest BCUT2D eigenvalue weighted by molar-refractivity contribution is -0.131. The second kappa shape index (κ2) is 9.95. The van der Waals surface area contributed by atoms with Crippen molar-refractivity contribution < 1.29 is 14.6 Å². The molecule has 0 atom stereocenters. The van der Waals surface area contributed by atoms with Crippen molar-refractivity contribution in [2.75, 3.05) is 26.3 Å². The highest BCUT2D eigenvalue weighted by molar-refractivity contribution is 5.79. The Kier molecular flexibility index (Phi) is 9.15. The van der Waals surface area contributed by atoms with E-state index in [9.17, 15) is 4.79 Å². The SMILES string of the molecule is C=CCCOCCNC/C=C/C(=O)O. The monoisotopic (exact) mass is 199 g/mol. The lowest BCUT2D eigenvalue weighted by Gasteiger charge is -2.02. The highest BCUT2D eigenvalue weighted by atomic mass is 16.5. The molecule has 0 bridgehead atoms.